The van der Waals surface area contributed by atoms with Gasteiger partial charge >= 0.3 is 11.9 Å². The van der Waals surface area contributed by atoms with Crippen molar-refractivity contribution in [3.8, 4) is 0 Å². The SMILES string of the molecule is CC1(C)CC[C@]2(C(=O)O)CC[C@]3(C)C(=CC[C@@H]4[C@@]5(C)C[C@H](O)[C@H](O[C@@H]6O[C@H](CO)[C@@H](O[C@H]7O[C@H](CO)[C@@H](O)[C@H](O)[C@H]7O)[C@H](O)[C@H]6O)[C@@](C)(C(=O)O)[C@@H]5CC[C@]43C)[C@@H]2C1. The molecule has 7 aliphatic rings. The highest BCUT2D eigenvalue weighted by atomic mass is 16.7. The van der Waals surface area contributed by atoms with E-state index in [0.29, 0.717) is 38.5 Å². The van der Waals surface area contributed by atoms with Gasteiger partial charge in [0.1, 0.15) is 54.9 Å². The zero-order valence-electron chi connectivity index (χ0n) is 34.4. The third-order valence-corrected chi connectivity index (χ3v) is 17.3. The maximum absolute atomic E-state index is 13.6. The lowest BCUT2D eigenvalue weighted by Crippen LogP contribution is -2.70. The van der Waals surface area contributed by atoms with Gasteiger partial charge in [-0.1, -0.05) is 46.3 Å². The molecule has 0 aromatic carbocycles. The Morgan fingerprint density at radius 3 is 1.93 bits per heavy atom. The number of ether oxygens (including phenoxy) is 4. The molecule has 4 saturated carbocycles. The molecule has 0 bridgehead atoms. The van der Waals surface area contributed by atoms with E-state index < -0.39 is 121 Å². The van der Waals surface area contributed by atoms with Crippen molar-refractivity contribution in [2.24, 2.45) is 50.2 Å². The number of aliphatic hydroxyl groups is 8. The fourth-order valence-corrected chi connectivity index (χ4v) is 13.7. The largest absolute Gasteiger partial charge is 0.481 e. The fraction of sp³-hybridized carbons (Fsp3) is 0.905. The number of carboxylic acids is 2. The standard InChI is InChI=1S/C42H66O16/c1-37(2)11-13-42(36(53)54)14-12-39(4)19(20(42)15-37)7-8-24-38(3)16-21(45)32(41(6,35(51)52)25(38)9-10-40(24,39)5)58-34-30(50)28(48)31(23(18-44)56-34)57-33-29(49)27(47)26(46)22(17-43)55-33/h7,20-34,43-50H,8-18H2,1-6H3,(H,51,52)(H,53,54)/t20-,21-,22+,23+,24+,25+,26+,27-,28+,29+,30+,31+,32-,33+,34-,38+,39+,40+,41-,42-/m0/s1. The Morgan fingerprint density at radius 2 is 1.31 bits per heavy atom. The third kappa shape index (κ3) is 6.29. The monoisotopic (exact) mass is 826 g/mol. The van der Waals surface area contributed by atoms with Gasteiger partial charge in [0.05, 0.1) is 30.1 Å². The molecule has 330 valence electrons. The summed E-state index contributed by atoms with van der Waals surface area (Å²) in [6.07, 6.45) is -12.0. The number of hydrogen-bond acceptors (Lipinski definition) is 14. The van der Waals surface area contributed by atoms with Crippen LogP contribution in [0.4, 0.5) is 0 Å². The number of allylic oxidation sites excluding steroid dienone is 2. The highest BCUT2D eigenvalue weighted by molar-refractivity contribution is 5.77. The van der Waals surface area contributed by atoms with E-state index >= 15 is 0 Å². The molecule has 0 radical (unpaired) electrons. The van der Waals surface area contributed by atoms with E-state index in [1.54, 1.807) is 6.92 Å². The number of carbonyl (C=O) groups is 2. The smallest absolute Gasteiger partial charge is 0.312 e. The Morgan fingerprint density at radius 1 is 0.707 bits per heavy atom. The molecule has 10 N–H and O–H groups in total. The van der Waals surface area contributed by atoms with Crippen molar-refractivity contribution in [3.05, 3.63) is 11.6 Å². The van der Waals surface area contributed by atoms with Gasteiger partial charge in [-0.05, 0) is 104 Å². The van der Waals surface area contributed by atoms with Crippen LogP contribution in [-0.4, -0.2) is 150 Å². The molecule has 0 aromatic heterocycles. The number of rotatable bonds is 8. The highest BCUT2D eigenvalue weighted by Crippen LogP contribution is 2.76. The van der Waals surface area contributed by atoms with Gasteiger partial charge in [0, 0.05) is 0 Å². The molecule has 0 aromatic rings. The van der Waals surface area contributed by atoms with Crippen molar-refractivity contribution in [3.63, 3.8) is 0 Å². The zero-order valence-corrected chi connectivity index (χ0v) is 34.4. The van der Waals surface area contributed by atoms with Crippen molar-refractivity contribution in [2.45, 2.75) is 173 Å². The summed E-state index contributed by atoms with van der Waals surface area (Å²) in [6.45, 7) is 11.1. The van der Waals surface area contributed by atoms with Crippen LogP contribution in [0.2, 0.25) is 0 Å². The van der Waals surface area contributed by atoms with Gasteiger partial charge in [-0.15, -0.1) is 0 Å². The quantitative estimate of drug-likeness (QED) is 0.120. The summed E-state index contributed by atoms with van der Waals surface area (Å²) in [5.41, 5.74) is -2.69. The predicted octanol–water partition coefficient (Wildman–Crippen LogP) is 0.918. The second-order valence-electron chi connectivity index (χ2n) is 20.6. The molecule has 2 heterocycles. The van der Waals surface area contributed by atoms with E-state index in [2.05, 4.69) is 40.7 Å². The molecule has 0 amide bonds. The van der Waals surface area contributed by atoms with Crippen molar-refractivity contribution >= 4 is 11.9 Å². The van der Waals surface area contributed by atoms with Gasteiger partial charge in [-0.3, -0.25) is 9.59 Å². The number of fused-ring (bicyclic) bond motifs is 7. The lowest BCUT2D eigenvalue weighted by Gasteiger charge is -2.71. The van der Waals surface area contributed by atoms with Crippen LogP contribution in [0.5, 0.6) is 0 Å². The molecule has 5 aliphatic carbocycles. The first kappa shape index (κ1) is 44.3. The summed E-state index contributed by atoms with van der Waals surface area (Å²) in [4.78, 5) is 26.7. The summed E-state index contributed by atoms with van der Waals surface area (Å²) in [5.74, 6) is -2.61. The van der Waals surface area contributed by atoms with Crippen LogP contribution in [0, 0.1) is 50.2 Å². The predicted molar refractivity (Wildman–Crippen MR) is 201 cm³/mol. The van der Waals surface area contributed by atoms with Gasteiger partial charge in [-0.2, -0.15) is 0 Å². The summed E-state index contributed by atoms with van der Waals surface area (Å²) < 4.78 is 23.2. The molecule has 16 nitrogen and oxygen atoms in total. The average Bonchev–Trinajstić information content (AvgIpc) is 3.15. The molecular weight excluding hydrogens is 760 g/mol. The first-order valence-electron chi connectivity index (χ1n) is 21.1. The molecular formula is C42H66O16. The van der Waals surface area contributed by atoms with E-state index in [-0.39, 0.29) is 34.5 Å². The molecule has 58 heavy (non-hydrogen) atoms. The fourth-order valence-electron chi connectivity index (χ4n) is 13.7. The second-order valence-corrected chi connectivity index (χ2v) is 20.6. The molecule has 2 saturated heterocycles. The average molecular weight is 827 g/mol. The van der Waals surface area contributed by atoms with Crippen molar-refractivity contribution in [1.29, 1.82) is 0 Å². The van der Waals surface area contributed by atoms with Crippen LogP contribution in [0.3, 0.4) is 0 Å². The Balaban J connectivity index is 1.15. The molecule has 0 unspecified atom stereocenters. The van der Waals surface area contributed by atoms with Crippen LogP contribution in [0.1, 0.15) is 99.3 Å². The van der Waals surface area contributed by atoms with Gasteiger partial charge < -0.3 is 70.0 Å². The summed E-state index contributed by atoms with van der Waals surface area (Å²) in [6, 6.07) is 0. The Hall–Kier alpha value is -1.80. The molecule has 0 spiro atoms. The lowest BCUT2D eigenvalue weighted by atomic mass is 9.33. The third-order valence-electron chi connectivity index (χ3n) is 17.3. The minimum atomic E-state index is -1.92. The second kappa shape index (κ2) is 14.9. The number of aliphatic hydroxyl groups excluding tert-OH is 8. The van der Waals surface area contributed by atoms with Crippen LogP contribution < -0.4 is 0 Å². The van der Waals surface area contributed by atoms with E-state index in [1.165, 1.54) is 5.57 Å². The lowest BCUT2D eigenvalue weighted by molar-refractivity contribution is -0.372. The van der Waals surface area contributed by atoms with E-state index in [0.717, 1.165) is 12.8 Å². The van der Waals surface area contributed by atoms with Gasteiger partial charge in [0.25, 0.3) is 0 Å². The Kier molecular flexibility index (Phi) is 11.4. The zero-order chi connectivity index (χ0) is 42.7. The maximum atomic E-state index is 13.6. The van der Waals surface area contributed by atoms with Crippen LogP contribution in [-0.2, 0) is 28.5 Å². The highest BCUT2D eigenvalue weighted by Gasteiger charge is 2.72. The van der Waals surface area contributed by atoms with Gasteiger partial charge in [0.2, 0.25) is 0 Å². The topological polar surface area (TPSA) is 273 Å². The van der Waals surface area contributed by atoms with Crippen molar-refractivity contribution in [2.75, 3.05) is 13.2 Å². The van der Waals surface area contributed by atoms with Gasteiger partial charge in [-0.25, -0.2) is 0 Å². The van der Waals surface area contributed by atoms with Crippen LogP contribution in [0.15, 0.2) is 11.6 Å². The Labute approximate surface area is 339 Å². The van der Waals surface area contributed by atoms with Crippen LogP contribution >= 0.6 is 0 Å². The summed E-state index contributed by atoms with van der Waals surface area (Å²) in [7, 11) is 0. The molecule has 7 rings (SSSR count). The molecule has 20 atom stereocenters. The Bertz CT molecular complexity index is 1620. The summed E-state index contributed by atoms with van der Waals surface area (Å²) in [5, 5.41) is 107. The minimum Gasteiger partial charge on any atom is -0.481 e. The summed E-state index contributed by atoms with van der Waals surface area (Å²) >= 11 is 0. The van der Waals surface area contributed by atoms with E-state index in [1.807, 2.05) is 0 Å². The van der Waals surface area contributed by atoms with Crippen LogP contribution in [0.25, 0.3) is 0 Å². The van der Waals surface area contributed by atoms with E-state index in [4.69, 9.17) is 18.9 Å². The normalized spacial score (nSPS) is 53.9. The first-order valence-corrected chi connectivity index (χ1v) is 21.1. The molecule has 6 fully saturated rings. The van der Waals surface area contributed by atoms with E-state index in [9.17, 15) is 60.7 Å². The van der Waals surface area contributed by atoms with Crippen molar-refractivity contribution < 1.29 is 79.6 Å². The number of hydrogen-bond donors (Lipinski definition) is 10. The molecule has 2 aliphatic heterocycles. The number of aliphatic carboxylic acids is 2. The maximum Gasteiger partial charge on any atom is 0.312 e. The first-order chi connectivity index (χ1) is 27.0. The van der Waals surface area contributed by atoms with Crippen molar-refractivity contribution in [1.82, 2.24) is 0 Å². The minimum absolute atomic E-state index is 0.00298. The number of carboxylic acid groups (broad SMARTS) is 2. The van der Waals surface area contributed by atoms with Gasteiger partial charge in [0.15, 0.2) is 12.6 Å². The molecule has 16 heteroatoms.